The Morgan fingerprint density at radius 1 is 1.33 bits per heavy atom. The van der Waals surface area contributed by atoms with Gasteiger partial charge in [0.15, 0.2) is 5.13 Å². The maximum absolute atomic E-state index is 9.99. The summed E-state index contributed by atoms with van der Waals surface area (Å²) < 4.78 is 2.17. The Morgan fingerprint density at radius 3 is 3.06 bits per heavy atom. The highest BCUT2D eigenvalue weighted by molar-refractivity contribution is 7.12. The van der Waals surface area contributed by atoms with E-state index in [0.29, 0.717) is 5.92 Å². The van der Waals surface area contributed by atoms with Crippen LogP contribution in [-0.4, -0.2) is 14.7 Å². The Kier molecular flexibility index (Phi) is 2.35. The van der Waals surface area contributed by atoms with E-state index in [1.807, 2.05) is 0 Å². The Morgan fingerprint density at radius 2 is 2.22 bits per heavy atom. The first-order chi connectivity index (χ1) is 8.83. The Labute approximate surface area is 110 Å². The smallest absolute Gasteiger partial charge is 0.193 e. The molecule has 0 aliphatic heterocycles. The Bertz CT molecular complexity index is 582. The summed E-state index contributed by atoms with van der Waals surface area (Å²) >= 11 is 1.72. The summed E-state index contributed by atoms with van der Waals surface area (Å²) in [6.45, 7) is 0. The van der Waals surface area contributed by atoms with Crippen LogP contribution >= 0.6 is 11.3 Å². The van der Waals surface area contributed by atoms with Crippen molar-refractivity contribution >= 4 is 11.3 Å². The maximum atomic E-state index is 9.99. The zero-order chi connectivity index (χ0) is 12.1. The van der Waals surface area contributed by atoms with Gasteiger partial charge in [0.05, 0.1) is 11.8 Å². The van der Waals surface area contributed by atoms with Crippen LogP contribution in [-0.2, 0) is 6.42 Å². The summed E-state index contributed by atoms with van der Waals surface area (Å²) in [6.07, 6.45) is 7.39. The van der Waals surface area contributed by atoms with Crippen molar-refractivity contribution < 1.29 is 5.11 Å². The predicted octanol–water partition coefficient (Wildman–Crippen LogP) is 3.18. The summed E-state index contributed by atoms with van der Waals surface area (Å²) in [7, 11) is 0. The summed E-state index contributed by atoms with van der Waals surface area (Å²) in [4.78, 5) is 4.75. The van der Waals surface area contributed by atoms with Gasteiger partial charge < -0.3 is 5.11 Å². The average molecular weight is 260 g/mol. The van der Waals surface area contributed by atoms with Crippen molar-refractivity contribution in [3.8, 4) is 5.13 Å². The van der Waals surface area contributed by atoms with Crippen LogP contribution in [0, 0.1) is 0 Å². The van der Waals surface area contributed by atoms with E-state index in [-0.39, 0.29) is 6.10 Å². The molecule has 1 atom stereocenters. The molecule has 2 aliphatic carbocycles. The molecule has 1 saturated carbocycles. The fourth-order valence-electron chi connectivity index (χ4n) is 2.80. The van der Waals surface area contributed by atoms with Crippen molar-refractivity contribution in [2.75, 3.05) is 0 Å². The highest BCUT2D eigenvalue weighted by Gasteiger charge is 2.27. The van der Waals surface area contributed by atoms with Crippen LogP contribution in [0.4, 0.5) is 0 Å². The van der Waals surface area contributed by atoms with Crippen LogP contribution in [0.15, 0.2) is 17.6 Å². The third-order valence-corrected chi connectivity index (χ3v) is 4.85. The molecule has 0 bridgehead atoms. The minimum Gasteiger partial charge on any atom is -0.388 e. The molecule has 1 fully saturated rings. The molecule has 0 radical (unpaired) electrons. The summed E-state index contributed by atoms with van der Waals surface area (Å²) in [5, 5.41) is 13.3. The molecular weight excluding hydrogens is 244 g/mol. The van der Waals surface area contributed by atoms with Crippen molar-refractivity contribution in [1.82, 2.24) is 9.55 Å². The molecule has 2 heterocycles. The lowest BCUT2D eigenvalue weighted by molar-refractivity contribution is 0.156. The van der Waals surface area contributed by atoms with Crippen molar-refractivity contribution in [3.63, 3.8) is 0 Å². The van der Waals surface area contributed by atoms with Crippen molar-refractivity contribution in [2.24, 2.45) is 0 Å². The first kappa shape index (κ1) is 10.8. The normalized spacial score (nSPS) is 23.1. The second-order valence-electron chi connectivity index (χ2n) is 5.33. The predicted molar refractivity (Wildman–Crippen MR) is 71.3 cm³/mol. The van der Waals surface area contributed by atoms with E-state index in [9.17, 15) is 5.11 Å². The van der Waals surface area contributed by atoms with Crippen molar-refractivity contribution in [1.29, 1.82) is 0 Å². The highest BCUT2D eigenvalue weighted by atomic mass is 32.1. The quantitative estimate of drug-likeness (QED) is 0.900. The zero-order valence-electron chi connectivity index (χ0n) is 10.2. The Balaban J connectivity index is 1.75. The lowest BCUT2D eigenvalue weighted by atomic mass is 9.95. The molecule has 0 spiro atoms. The molecule has 4 rings (SSSR count). The van der Waals surface area contributed by atoms with E-state index < -0.39 is 0 Å². The van der Waals surface area contributed by atoms with Gasteiger partial charge in [-0.05, 0) is 38.2 Å². The van der Waals surface area contributed by atoms with E-state index in [2.05, 4.69) is 22.2 Å². The second kappa shape index (κ2) is 3.93. The molecule has 2 aliphatic rings. The summed E-state index contributed by atoms with van der Waals surface area (Å²) in [5.41, 5.74) is 3.61. The third-order valence-electron chi connectivity index (χ3n) is 3.99. The number of aliphatic hydroxyl groups excluding tert-OH is 1. The molecule has 2 aromatic rings. The Hall–Kier alpha value is -1.13. The monoisotopic (exact) mass is 260 g/mol. The molecule has 94 valence electrons. The number of nitrogens with zero attached hydrogens (tertiary/aromatic N) is 2. The molecule has 18 heavy (non-hydrogen) atoms. The van der Waals surface area contributed by atoms with Gasteiger partial charge in [-0.1, -0.05) is 0 Å². The van der Waals surface area contributed by atoms with Crippen molar-refractivity contribution in [2.45, 2.75) is 44.1 Å². The fourth-order valence-corrected chi connectivity index (χ4v) is 3.71. The fraction of sp³-hybridized carbons (Fsp3) is 0.500. The topological polar surface area (TPSA) is 38.0 Å². The molecule has 0 amide bonds. The number of aliphatic hydroxyl groups is 1. The number of hydrogen-bond acceptors (Lipinski definition) is 3. The summed E-state index contributed by atoms with van der Waals surface area (Å²) in [6, 6.07) is 2.05. The zero-order valence-corrected chi connectivity index (χ0v) is 11.0. The first-order valence-electron chi connectivity index (χ1n) is 6.67. The van der Waals surface area contributed by atoms with Crippen LogP contribution < -0.4 is 0 Å². The van der Waals surface area contributed by atoms with Gasteiger partial charge in [0, 0.05) is 28.8 Å². The molecule has 0 aromatic carbocycles. The largest absolute Gasteiger partial charge is 0.388 e. The molecule has 2 aromatic heterocycles. The van der Waals surface area contributed by atoms with E-state index in [0.717, 1.165) is 30.0 Å². The van der Waals surface area contributed by atoms with Crippen LogP contribution in [0.1, 0.15) is 54.7 Å². The SMILES string of the molecule is OC1CCCc2c1ccn2-c1nc(C2CC2)cs1. The van der Waals surface area contributed by atoms with Crippen LogP contribution in [0.2, 0.25) is 0 Å². The molecule has 0 saturated heterocycles. The van der Waals surface area contributed by atoms with Gasteiger partial charge >= 0.3 is 0 Å². The molecule has 3 nitrogen and oxygen atoms in total. The van der Waals surface area contributed by atoms with E-state index in [1.165, 1.54) is 24.2 Å². The highest BCUT2D eigenvalue weighted by Crippen LogP contribution is 2.41. The number of fused-ring (bicyclic) bond motifs is 1. The van der Waals surface area contributed by atoms with Crippen LogP contribution in [0.3, 0.4) is 0 Å². The van der Waals surface area contributed by atoms with Gasteiger partial charge in [0.25, 0.3) is 0 Å². The number of hydrogen-bond donors (Lipinski definition) is 1. The van der Waals surface area contributed by atoms with E-state index in [1.54, 1.807) is 11.3 Å². The van der Waals surface area contributed by atoms with E-state index >= 15 is 0 Å². The van der Waals surface area contributed by atoms with E-state index in [4.69, 9.17) is 4.98 Å². The van der Waals surface area contributed by atoms with Gasteiger partial charge in [-0.3, -0.25) is 4.57 Å². The van der Waals surface area contributed by atoms with Gasteiger partial charge in [0.1, 0.15) is 0 Å². The summed E-state index contributed by atoms with van der Waals surface area (Å²) in [5.74, 6) is 0.715. The molecule has 1 unspecified atom stereocenters. The number of rotatable bonds is 2. The minimum absolute atomic E-state index is 0.280. The molecule has 1 N–H and O–H groups in total. The second-order valence-corrected chi connectivity index (χ2v) is 6.16. The minimum atomic E-state index is -0.280. The first-order valence-corrected chi connectivity index (χ1v) is 7.55. The molecular formula is C14H16N2OS. The van der Waals surface area contributed by atoms with Crippen molar-refractivity contribution in [3.05, 3.63) is 34.6 Å². The average Bonchev–Trinajstić information content (AvgIpc) is 2.95. The van der Waals surface area contributed by atoms with Gasteiger partial charge in [-0.25, -0.2) is 4.98 Å². The maximum Gasteiger partial charge on any atom is 0.193 e. The van der Waals surface area contributed by atoms with Gasteiger partial charge in [-0.15, -0.1) is 11.3 Å². The molecule has 4 heteroatoms. The number of aromatic nitrogens is 2. The van der Waals surface area contributed by atoms with Gasteiger partial charge in [0.2, 0.25) is 0 Å². The number of thiazole rings is 1. The standard InChI is InChI=1S/C14H16N2OS/c17-13-3-1-2-12-10(13)6-7-16(12)14-15-11(8-18-14)9-4-5-9/h6-9,13,17H,1-5H2. The van der Waals surface area contributed by atoms with Gasteiger partial charge in [-0.2, -0.15) is 0 Å². The lowest BCUT2D eigenvalue weighted by Gasteiger charge is -2.19. The van der Waals surface area contributed by atoms with Crippen LogP contribution in [0.25, 0.3) is 5.13 Å². The third kappa shape index (κ3) is 1.63. The lowest BCUT2D eigenvalue weighted by Crippen LogP contribution is -2.10. The van der Waals surface area contributed by atoms with Crippen LogP contribution in [0.5, 0.6) is 0 Å².